The molecule has 0 N–H and O–H groups in total. The van der Waals surface area contributed by atoms with Crippen molar-refractivity contribution < 1.29 is 9.47 Å². The van der Waals surface area contributed by atoms with Crippen molar-refractivity contribution in [3.8, 4) is 0 Å². The summed E-state index contributed by atoms with van der Waals surface area (Å²) in [4.78, 5) is 0. The maximum absolute atomic E-state index is 5.81. The minimum atomic E-state index is 0.175. The summed E-state index contributed by atoms with van der Waals surface area (Å²) in [5.41, 5.74) is 1.97. The molecule has 0 bridgehead atoms. The number of rotatable bonds is 4. The third-order valence-electron chi connectivity index (χ3n) is 4.87. The Balaban J connectivity index is 2.89. The summed E-state index contributed by atoms with van der Waals surface area (Å²) in [5.74, 6) is 0.993. The predicted molar refractivity (Wildman–Crippen MR) is 76.5 cm³/mol. The second-order valence-corrected chi connectivity index (χ2v) is 6.88. The van der Waals surface area contributed by atoms with Gasteiger partial charge in [0.2, 0.25) is 0 Å². The van der Waals surface area contributed by atoms with E-state index in [1.165, 1.54) is 31.3 Å². The van der Waals surface area contributed by atoms with Crippen LogP contribution in [0.4, 0.5) is 0 Å². The molecule has 0 heterocycles. The molecule has 1 aliphatic carbocycles. The monoisotopic (exact) mass is 254 g/mol. The van der Waals surface area contributed by atoms with E-state index >= 15 is 0 Å². The van der Waals surface area contributed by atoms with E-state index in [0.717, 1.165) is 5.76 Å². The van der Waals surface area contributed by atoms with Crippen LogP contribution in [0.15, 0.2) is 11.3 Å². The molecule has 0 aromatic heterocycles. The Morgan fingerprint density at radius 3 is 1.83 bits per heavy atom. The average molecular weight is 254 g/mol. The van der Waals surface area contributed by atoms with Crippen LogP contribution >= 0.6 is 0 Å². The smallest absolute Gasteiger partial charge is 0.0939 e. The first kappa shape index (κ1) is 15.6. The van der Waals surface area contributed by atoms with Crippen LogP contribution in [0.3, 0.4) is 0 Å². The largest absolute Gasteiger partial charge is 0.501 e. The van der Waals surface area contributed by atoms with Gasteiger partial charge in [0.05, 0.1) is 19.0 Å². The highest BCUT2D eigenvalue weighted by Crippen LogP contribution is 2.48. The third kappa shape index (κ3) is 3.28. The molecular weight excluding hydrogens is 224 g/mol. The Morgan fingerprint density at radius 2 is 1.44 bits per heavy atom. The quantitative estimate of drug-likeness (QED) is 0.685. The van der Waals surface area contributed by atoms with Crippen molar-refractivity contribution in [3.05, 3.63) is 11.3 Å². The zero-order valence-electron chi connectivity index (χ0n) is 13.2. The average Bonchev–Trinajstić information content (AvgIpc) is 2.33. The predicted octanol–water partition coefficient (Wildman–Crippen LogP) is 4.55. The van der Waals surface area contributed by atoms with Crippen molar-refractivity contribution in [3.63, 3.8) is 0 Å². The lowest BCUT2D eigenvalue weighted by molar-refractivity contribution is -0.0230. The molecule has 0 saturated heterocycles. The minimum Gasteiger partial charge on any atom is -0.501 e. The number of methoxy groups -OCH3 is 2. The van der Waals surface area contributed by atoms with Crippen LogP contribution in [0.2, 0.25) is 0 Å². The molecule has 1 fully saturated rings. The fourth-order valence-corrected chi connectivity index (χ4v) is 3.09. The zero-order chi connectivity index (χ0) is 14.0. The van der Waals surface area contributed by atoms with Crippen LogP contribution in [-0.4, -0.2) is 20.3 Å². The Kier molecular flexibility index (Phi) is 4.88. The van der Waals surface area contributed by atoms with E-state index in [2.05, 4.69) is 27.7 Å². The van der Waals surface area contributed by atoms with Gasteiger partial charge in [0, 0.05) is 7.11 Å². The van der Waals surface area contributed by atoms with Crippen LogP contribution in [0.1, 0.15) is 60.3 Å². The van der Waals surface area contributed by atoms with Gasteiger partial charge in [-0.3, -0.25) is 0 Å². The highest BCUT2D eigenvalue weighted by molar-refractivity contribution is 5.14. The molecule has 0 aromatic carbocycles. The maximum Gasteiger partial charge on any atom is 0.0939 e. The lowest BCUT2D eigenvalue weighted by Crippen LogP contribution is -2.40. The van der Waals surface area contributed by atoms with E-state index < -0.39 is 0 Å². The van der Waals surface area contributed by atoms with Crippen LogP contribution < -0.4 is 0 Å². The number of allylic oxidation sites excluding steroid dienone is 1. The summed E-state index contributed by atoms with van der Waals surface area (Å²) in [7, 11) is 3.56. The van der Waals surface area contributed by atoms with Crippen molar-refractivity contribution in [2.24, 2.45) is 10.8 Å². The lowest BCUT2D eigenvalue weighted by atomic mass is 9.62. The summed E-state index contributed by atoms with van der Waals surface area (Å²) in [6, 6.07) is 0. The molecule has 1 rings (SSSR count). The highest BCUT2D eigenvalue weighted by Gasteiger charge is 2.41. The van der Waals surface area contributed by atoms with Crippen molar-refractivity contribution in [1.82, 2.24) is 0 Å². The van der Waals surface area contributed by atoms with Crippen LogP contribution in [0, 0.1) is 10.8 Å². The van der Waals surface area contributed by atoms with Gasteiger partial charge in [-0.1, -0.05) is 20.8 Å². The molecule has 1 saturated carbocycles. The van der Waals surface area contributed by atoms with E-state index in [9.17, 15) is 0 Å². The van der Waals surface area contributed by atoms with Gasteiger partial charge in [-0.15, -0.1) is 0 Å². The van der Waals surface area contributed by atoms with Crippen molar-refractivity contribution in [1.29, 1.82) is 0 Å². The van der Waals surface area contributed by atoms with Gasteiger partial charge in [0.25, 0.3) is 0 Å². The second-order valence-electron chi connectivity index (χ2n) is 6.88. The molecule has 1 aliphatic rings. The van der Waals surface area contributed by atoms with Gasteiger partial charge in [-0.2, -0.15) is 0 Å². The standard InChI is InChI=1S/C16H30O2/c1-12(13(2)17-6)14(18-7)16(5)10-8-15(3,4)9-11-16/h14H,8-11H2,1-7H3/b13-12-. The van der Waals surface area contributed by atoms with Crippen molar-refractivity contribution >= 4 is 0 Å². The SMILES string of the molecule is CO/C(C)=C(/C)C(OC)C1(C)CCC(C)(C)CC1. The first-order valence-electron chi connectivity index (χ1n) is 7.00. The molecule has 18 heavy (non-hydrogen) atoms. The van der Waals surface area contributed by atoms with Gasteiger partial charge in [-0.05, 0) is 55.9 Å². The van der Waals surface area contributed by atoms with E-state index in [0.29, 0.717) is 5.41 Å². The van der Waals surface area contributed by atoms with Gasteiger partial charge in [0.15, 0.2) is 0 Å². The van der Waals surface area contributed by atoms with E-state index in [1.807, 2.05) is 14.0 Å². The van der Waals surface area contributed by atoms with Crippen LogP contribution in [0.5, 0.6) is 0 Å². The minimum absolute atomic E-state index is 0.175. The number of ether oxygens (including phenoxy) is 2. The third-order valence-corrected chi connectivity index (χ3v) is 4.87. The fraction of sp³-hybridized carbons (Fsp3) is 0.875. The molecule has 0 spiro atoms. The van der Waals surface area contributed by atoms with E-state index in [1.54, 1.807) is 7.11 Å². The summed E-state index contributed by atoms with van der Waals surface area (Å²) in [5, 5.41) is 0. The number of hydrogen-bond donors (Lipinski definition) is 0. The summed E-state index contributed by atoms with van der Waals surface area (Å²) in [6.45, 7) is 11.3. The summed E-state index contributed by atoms with van der Waals surface area (Å²) in [6.07, 6.45) is 5.19. The molecule has 0 aliphatic heterocycles. The summed E-state index contributed by atoms with van der Waals surface area (Å²) >= 11 is 0. The lowest BCUT2D eigenvalue weighted by Gasteiger charge is -2.45. The molecule has 0 amide bonds. The summed E-state index contributed by atoms with van der Waals surface area (Å²) < 4.78 is 11.2. The molecular formula is C16H30O2. The van der Waals surface area contributed by atoms with Crippen LogP contribution in [0.25, 0.3) is 0 Å². The second kappa shape index (κ2) is 5.64. The Morgan fingerprint density at radius 1 is 0.944 bits per heavy atom. The Bertz CT molecular complexity index is 305. The van der Waals surface area contributed by atoms with E-state index in [4.69, 9.17) is 9.47 Å². The molecule has 1 unspecified atom stereocenters. The zero-order valence-corrected chi connectivity index (χ0v) is 13.2. The maximum atomic E-state index is 5.81. The van der Waals surface area contributed by atoms with Crippen molar-refractivity contribution in [2.45, 2.75) is 66.4 Å². The molecule has 106 valence electrons. The topological polar surface area (TPSA) is 18.5 Å². The first-order chi connectivity index (χ1) is 8.25. The van der Waals surface area contributed by atoms with Crippen molar-refractivity contribution in [2.75, 3.05) is 14.2 Å². The first-order valence-corrected chi connectivity index (χ1v) is 7.00. The molecule has 0 aromatic rings. The Hall–Kier alpha value is -0.500. The number of hydrogen-bond acceptors (Lipinski definition) is 2. The van der Waals surface area contributed by atoms with Gasteiger partial charge >= 0.3 is 0 Å². The molecule has 2 nitrogen and oxygen atoms in total. The normalized spacial score (nSPS) is 25.3. The highest BCUT2D eigenvalue weighted by atomic mass is 16.5. The van der Waals surface area contributed by atoms with Gasteiger partial charge in [-0.25, -0.2) is 0 Å². The molecule has 1 atom stereocenters. The van der Waals surface area contributed by atoms with Crippen LogP contribution in [-0.2, 0) is 9.47 Å². The van der Waals surface area contributed by atoms with E-state index in [-0.39, 0.29) is 11.5 Å². The van der Waals surface area contributed by atoms with Gasteiger partial charge < -0.3 is 9.47 Å². The Labute approximate surface area is 113 Å². The molecule has 2 heteroatoms. The molecule has 0 radical (unpaired) electrons. The van der Waals surface area contributed by atoms with Gasteiger partial charge in [0.1, 0.15) is 0 Å². The fourth-order valence-electron chi connectivity index (χ4n) is 3.09.